The van der Waals surface area contributed by atoms with E-state index in [-0.39, 0.29) is 17.8 Å². The number of aromatic nitrogens is 2. The largest absolute Gasteiger partial charge is 0.349 e. The Morgan fingerprint density at radius 2 is 2.00 bits per heavy atom. The Bertz CT molecular complexity index is 948. The number of benzene rings is 1. The van der Waals surface area contributed by atoms with Crippen LogP contribution in [0.1, 0.15) is 48.5 Å². The van der Waals surface area contributed by atoms with Gasteiger partial charge in [0, 0.05) is 25.0 Å². The second-order valence-electron chi connectivity index (χ2n) is 7.51. The van der Waals surface area contributed by atoms with Crippen LogP contribution >= 0.6 is 0 Å². The molecule has 4 nitrogen and oxygen atoms in total. The Labute approximate surface area is 158 Å². The van der Waals surface area contributed by atoms with Gasteiger partial charge in [-0.3, -0.25) is 9.78 Å². The molecule has 0 saturated heterocycles. The number of pyridine rings is 1. The third-order valence-corrected chi connectivity index (χ3v) is 5.57. The van der Waals surface area contributed by atoms with Crippen molar-refractivity contribution in [1.82, 2.24) is 14.9 Å². The van der Waals surface area contributed by atoms with Crippen molar-refractivity contribution < 1.29 is 9.18 Å². The molecule has 1 amide bonds. The Balaban J connectivity index is 1.63. The van der Waals surface area contributed by atoms with E-state index in [9.17, 15) is 9.18 Å². The zero-order valence-corrected chi connectivity index (χ0v) is 15.5. The second-order valence-corrected chi connectivity index (χ2v) is 7.51. The highest BCUT2D eigenvalue weighted by atomic mass is 19.1. The molecule has 1 N–H and O–H groups in total. The standard InChI is InChI=1S/C22H24FN3O/c1-15-5-2-3-6-19(15)25-22(27)18-14-26(20-7-4-12-24-21(18)20)13-16-8-10-17(23)11-9-16/h4,7-12,14-15,19H,2-3,5-6,13H2,1H3,(H,25,27)/t15-,19?/m0/s1. The number of carbonyl (C=O) groups excluding carboxylic acids is 1. The zero-order chi connectivity index (χ0) is 18.8. The first-order valence-corrected chi connectivity index (χ1v) is 9.61. The van der Waals surface area contributed by atoms with Gasteiger partial charge in [-0.25, -0.2) is 4.39 Å². The average Bonchev–Trinajstić information content (AvgIpc) is 3.04. The fraction of sp³-hybridized carbons (Fsp3) is 0.364. The number of carbonyl (C=O) groups is 1. The quantitative estimate of drug-likeness (QED) is 0.738. The molecule has 1 fully saturated rings. The van der Waals surface area contributed by atoms with Crippen molar-refractivity contribution in [2.45, 2.75) is 45.2 Å². The lowest BCUT2D eigenvalue weighted by atomic mass is 9.86. The van der Waals surface area contributed by atoms with Gasteiger partial charge in [0.25, 0.3) is 5.91 Å². The van der Waals surface area contributed by atoms with Gasteiger partial charge in [0.2, 0.25) is 0 Å². The van der Waals surface area contributed by atoms with Gasteiger partial charge in [-0.2, -0.15) is 0 Å². The van der Waals surface area contributed by atoms with Crippen LogP contribution in [0.2, 0.25) is 0 Å². The van der Waals surface area contributed by atoms with Crippen LogP contribution in [-0.4, -0.2) is 21.5 Å². The number of amides is 1. The molecule has 0 spiro atoms. The topological polar surface area (TPSA) is 46.9 Å². The van der Waals surface area contributed by atoms with Crippen molar-refractivity contribution in [2.75, 3.05) is 0 Å². The van der Waals surface area contributed by atoms with Crippen LogP contribution in [0.4, 0.5) is 4.39 Å². The normalized spacial score (nSPS) is 19.9. The van der Waals surface area contributed by atoms with Crippen molar-refractivity contribution >= 4 is 16.9 Å². The van der Waals surface area contributed by atoms with Crippen molar-refractivity contribution in [2.24, 2.45) is 5.92 Å². The van der Waals surface area contributed by atoms with E-state index in [0.29, 0.717) is 23.5 Å². The van der Waals surface area contributed by atoms with Crippen LogP contribution in [0, 0.1) is 11.7 Å². The molecule has 1 aromatic carbocycles. The first kappa shape index (κ1) is 17.7. The predicted octanol–water partition coefficient (Wildman–Crippen LogP) is 4.53. The van der Waals surface area contributed by atoms with Crippen molar-refractivity contribution in [1.29, 1.82) is 0 Å². The minimum atomic E-state index is -0.251. The number of halogens is 1. The summed E-state index contributed by atoms with van der Waals surface area (Å²) in [6, 6.07) is 10.5. The predicted molar refractivity (Wildman–Crippen MR) is 104 cm³/mol. The van der Waals surface area contributed by atoms with Gasteiger partial charge in [-0.15, -0.1) is 0 Å². The molecule has 1 aliphatic carbocycles. The third kappa shape index (κ3) is 3.72. The summed E-state index contributed by atoms with van der Waals surface area (Å²) in [5.41, 5.74) is 3.19. The first-order chi connectivity index (χ1) is 13.1. The van der Waals surface area contributed by atoms with Gasteiger partial charge in [0.15, 0.2) is 0 Å². The van der Waals surface area contributed by atoms with E-state index in [1.54, 1.807) is 18.3 Å². The summed E-state index contributed by atoms with van der Waals surface area (Å²) < 4.78 is 15.2. The van der Waals surface area contributed by atoms with Crippen molar-refractivity contribution in [3.8, 4) is 0 Å². The lowest BCUT2D eigenvalue weighted by Gasteiger charge is -2.29. The van der Waals surface area contributed by atoms with Gasteiger partial charge in [-0.05, 0) is 48.6 Å². The molecular formula is C22H24FN3O. The molecule has 1 aliphatic rings. The molecule has 5 heteroatoms. The molecule has 4 rings (SSSR count). The maximum Gasteiger partial charge on any atom is 0.255 e. The summed E-state index contributed by atoms with van der Waals surface area (Å²) in [5, 5.41) is 3.22. The Kier molecular flexibility index (Phi) is 4.92. The van der Waals surface area contributed by atoms with Gasteiger partial charge in [0.1, 0.15) is 11.3 Å². The number of nitrogens with zero attached hydrogens (tertiary/aromatic N) is 2. The minimum absolute atomic E-state index is 0.0599. The molecule has 27 heavy (non-hydrogen) atoms. The molecule has 1 saturated carbocycles. The van der Waals surface area contributed by atoms with Crippen LogP contribution in [0.3, 0.4) is 0 Å². The van der Waals surface area contributed by atoms with E-state index in [1.165, 1.54) is 25.0 Å². The monoisotopic (exact) mass is 365 g/mol. The summed E-state index contributed by atoms with van der Waals surface area (Å²) in [7, 11) is 0. The summed E-state index contributed by atoms with van der Waals surface area (Å²) in [6.07, 6.45) is 8.18. The van der Waals surface area contributed by atoms with Gasteiger partial charge in [0.05, 0.1) is 11.1 Å². The Hall–Kier alpha value is -2.69. The zero-order valence-electron chi connectivity index (χ0n) is 15.5. The highest BCUT2D eigenvalue weighted by Gasteiger charge is 2.25. The van der Waals surface area contributed by atoms with E-state index in [2.05, 4.69) is 17.2 Å². The molecule has 140 valence electrons. The minimum Gasteiger partial charge on any atom is -0.349 e. The summed E-state index contributed by atoms with van der Waals surface area (Å²) in [4.78, 5) is 17.4. The van der Waals surface area contributed by atoms with Crippen LogP contribution < -0.4 is 5.32 Å². The fourth-order valence-electron chi connectivity index (χ4n) is 3.98. The molecule has 0 bridgehead atoms. The summed E-state index contributed by atoms with van der Waals surface area (Å²) >= 11 is 0. The third-order valence-electron chi connectivity index (χ3n) is 5.57. The first-order valence-electron chi connectivity index (χ1n) is 9.61. The molecule has 0 radical (unpaired) electrons. The van der Waals surface area contributed by atoms with Crippen LogP contribution in [0.15, 0.2) is 48.8 Å². The van der Waals surface area contributed by atoms with E-state index in [1.807, 2.05) is 22.9 Å². The molecule has 0 aliphatic heterocycles. The Morgan fingerprint density at radius 3 is 2.78 bits per heavy atom. The number of nitrogens with one attached hydrogen (secondary N) is 1. The number of hydrogen-bond acceptors (Lipinski definition) is 2. The molecule has 2 atom stereocenters. The fourth-order valence-corrected chi connectivity index (χ4v) is 3.98. The summed E-state index contributed by atoms with van der Waals surface area (Å²) in [5.74, 6) is 0.193. The van der Waals surface area contributed by atoms with Gasteiger partial charge < -0.3 is 9.88 Å². The van der Waals surface area contributed by atoms with E-state index >= 15 is 0 Å². The van der Waals surface area contributed by atoms with E-state index in [4.69, 9.17) is 0 Å². The lowest BCUT2D eigenvalue weighted by Crippen LogP contribution is -2.41. The number of fused-ring (bicyclic) bond motifs is 1. The van der Waals surface area contributed by atoms with Gasteiger partial charge >= 0.3 is 0 Å². The highest BCUT2D eigenvalue weighted by molar-refractivity contribution is 6.05. The number of hydrogen-bond donors (Lipinski definition) is 1. The Morgan fingerprint density at radius 1 is 1.22 bits per heavy atom. The van der Waals surface area contributed by atoms with Crippen molar-refractivity contribution in [3.05, 3.63) is 65.7 Å². The lowest BCUT2D eigenvalue weighted by molar-refractivity contribution is 0.0911. The summed E-state index contributed by atoms with van der Waals surface area (Å²) in [6.45, 7) is 2.77. The molecule has 3 aromatic rings. The molecule has 2 aromatic heterocycles. The molecule has 1 unspecified atom stereocenters. The van der Waals surface area contributed by atoms with Gasteiger partial charge in [-0.1, -0.05) is 31.9 Å². The smallest absolute Gasteiger partial charge is 0.255 e. The molecular weight excluding hydrogens is 341 g/mol. The number of rotatable bonds is 4. The molecule has 2 heterocycles. The van der Waals surface area contributed by atoms with Crippen molar-refractivity contribution in [3.63, 3.8) is 0 Å². The van der Waals surface area contributed by atoms with E-state index < -0.39 is 0 Å². The maximum absolute atomic E-state index is 13.2. The highest BCUT2D eigenvalue weighted by Crippen LogP contribution is 2.25. The average molecular weight is 365 g/mol. The SMILES string of the molecule is C[C@H]1CCCCC1NC(=O)c1cn(Cc2ccc(F)cc2)c2cccnc12. The van der Waals surface area contributed by atoms with Crippen LogP contribution in [0.25, 0.3) is 11.0 Å². The second kappa shape index (κ2) is 7.51. The van der Waals surface area contributed by atoms with Crippen LogP contribution in [-0.2, 0) is 6.54 Å². The van der Waals surface area contributed by atoms with Crippen LogP contribution in [0.5, 0.6) is 0 Å². The van der Waals surface area contributed by atoms with E-state index in [0.717, 1.165) is 23.9 Å². The maximum atomic E-state index is 13.2.